The maximum atomic E-state index is 12.3. The van der Waals surface area contributed by atoms with E-state index in [0.717, 1.165) is 11.1 Å². The Morgan fingerprint density at radius 3 is 1.26 bits per heavy atom. The summed E-state index contributed by atoms with van der Waals surface area (Å²) in [5.74, 6) is -2.97. The lowest BCUT2D eigenvalue weighted by atomic mass is 10.1. The smallest absolute Gasteiger partial charge is 0.408 e. The fraction of sp³-hybridized carbons (Fsp3) is 0.514. The molecule has 2 amide bonds. The van der Waals surface area contributed by atoms with Crippen molar-refractivity contribution in [2.45, 2.75) is 123 Å². The number of benzene rings is 2. The average Bonchev–Trinajstić information content (AvgIpc) is 3.00. The van der Waals surface area contributed by atoms with Crippen LogP contribution < -0.4 is 10.6 Å². The van der Waals surface area contributed by atoms with E-state index >= 15 is 0 Å². The summed E-state index contributed by atoms with van der Waals surface area (Å²) in [6, 6.07) is 17.1. The molecule has 2 aromatic carbocycles. The van der Waals surface area contributed by atoms with Gasteiger partial charge < -0.3 is 34.7 Å². The number of esters is 2. The quantitative estimate of drug-likeness (QED) is 0.166. The monoisotopic (exact) mass is 700 g/mol. The van der Waals surface area contributed by atoms with Crippen molar-refractivity contribution in [1.29, 1.82) is 0 Å². The normalized spacial score (nSPS) is 13.5. The maximum Gasteiger partial charge on any atom is 0.408 e. The highest BCUT2D eigenvalue weighted by atomic mass is 16.6. The van der Waals surface area contributed by atoms with Crippen molar-refractivity contribution in [3.05, 3.63) is 71.8 Å². The Morgan fingerprint density at radius 2 is 0.960 bits per heavy atom. The molecule has 0 saturated carbocycles. The van der Waals surface area contributed by atoms with Gasteiger partial charge in [-0.1, -0.05) is 60.7 Å². The Bertz CT molecular complexity index is 1290. The third-order valence-electron chi connectivity index (χ3n) is 6.59. The molecule has 0 bridgehead atoms. The van der Waals surface area contributed by atoms with Gasteiger partial charge in [-0.25, -0.2) is 24.0 Å². The third-order valence-corrected chi connectivity index (χ3v) is 6.59. The molecule has 0 aliphatic carbocycles. The van der Waals surface area contributed by atoms with Crippen molar-refractivity contribution in [2.24, 2.45) is 0 Å². The molecule has 0 fully saturated rings. The molecule has 3 N–H and O–H groups in total. The number of hydrogen-bond donors (Lipinski definition) is 3. The minimum atomic E-state index is -1.30. The maximum absolute atomic E-state index is 12.3. The average molecular weight is 701 g/mol. The number of hydrogen-bond acceptors (Lipinski definition) is 10. The summed E-state index contributed by atoms with van der Waals surface area (Å²) in [6.07, 6.45) is -1.92. The Hall–Kier alpha value is -4.94. The predicted molar refractivity (Wildman–Crippen MR) is 185 cm³/mol. The first-order chi connectivity index (χ1) is 23.2. The van der Waals surface area contributed by atoms with E-state index in [-0.39, 0.29) is 12.2 Å². The van der Waals surface area contributed by atoms with E-state index in [1.165, 1.54) is 20.8 Å². The first-order valence-corrected chi connectivity index (χ1v) is 16.4. The van der Waals surface area contributed by atoms with Gasteiger partial charge in [0.25, 0.3) is 0 Å². The number of carboxylic acid groups (broad SMARTS) is 1. The second kappa shape index (κ2) is 20.5. The zero-order valence-corrected chi connectivity index (χ0v) is 30.4. The summed E-state index contributed by atoms with van der Waals surface area (Å²) >= 11 is 0. The molecule has 0 saturated heterocycles. The predicted octanol–water partition coefficient (Wildman–Crippen LogP) is 5.56. The molecule has 13 heteroatoms. The number of carbonyl (C=O) groups is 6. The van der Waals surface area contributed by atoms with Crippen molar-refractivity contribution in [3.8, 4) is 0 Å². The van der Waals surface area contributed by atoms with Crippen molar-refractivity contribution in [1.82, 2.24) is 10.6 Å². The van der Waals surface area contributed by atoms with Crippen molar-refractivity contribution < 1.29 is 52.8 Å². The second-order valence-electron chi connectivity index (χ2n) is 13.6. The molecule has 4 atom stereocenters. The lowest BCUT2D eigenvalue weighted by Crippen LogP contribution is -2.45. The van der Waals surface area contributed by atoms with Crippen LogP contribution in [0.3, 0.4) is 0 Å². The number of ketones is 1. The SMILES string of the molecule is CC(=O)[C@H](C)OC(=O)[C@@H](CCc1ccccc1)NC(=O)OC(C)(C)C.C[C@H](OC(=O)[C@@H](CCc1ccccc1)NC(=O)OC(C)(C)C)C(=O)O. The molecule has 0 spiro atoms. The standard InChI is InChI=1S/C19H27NO5.C18H25NO6/c1-13(21)14(2)24-17(22)16(20-18(23)25-19(3,4)5)12-11-15-9-7-6-8-10-15;1-12(15(20)21)24-16(22)14(19-17(23)25-18(2,3)4)11-10-13-8-6-5-7-9-13/h6-10,14,16H,11-12H2,1-5H3,(H,20,23);5-9,12,14H,10-11H2,1-4H3,(H,19,23)(H,20,21)/t14-,16+;12-,14+/m00/s1. The number of carbonyl (C=O) groups excluding carboxylic acids is 5. The fourth-order valence-electron chi connectivity index (χ4n) is 3.96. The minimum Gasteiger partial charge on any atom is -0.479 e. The highest BCUT2D eigenvalue weighted by molar-refractivity contribution is 5.86. The van der Waals surface area contributed by atoms with E-state index < -0.39 is 65.6 Å². The highest BCUT2D eigenvalue weighted by Crippen LogP contribution is 2.12. The van der Waals surface area contributed by atoms with E-state index in [4.69, 9.17) is 24.1 Å². The van der Waals surface area contributed by atoms with Gasteiger partial charge in [-0.05, 0) is 99.1 Å². The van der Waals surface area contributed by atoms with Crippen LogP contribution in [0.2, 0.25) is 0 Å². The summed E-state index contributed by atoms with van der Waals surface area (Å²) < 4.78 is 20.4. The van der Waals surface area contributed by atoms with Gasteiger partial charge in [-0.15, -0.1) is 0 Å². The molecular formula is C37H52N2O11. The van der Waals surface area contributed by atoms with Crippen molar-refractivity contribution >= 4 is 35.9 Å². The zero-order chi connectivity index (χ0) is 38.1. The number of rotatable bonds is 14. The van der Waals surface area contributed by atoms with E-state index in [9.17, 15) is 28.8 Å². The Morgan fingerprint density at radius 1 is 0.620 bits per heavy atom. The zero-order valence-electron chi connectivity index (χ0n) is 30.4. The van der Waals surface area contributed by atoms with Gasteiger partial charge >= 0.3 is 30.1 Å². The molecule has 50 heavy (non-hydrogen) atoms. The van der Waals surface area contributed by atoms with Crippen molar-refractivity contribution in [2.75, 3.05) is 0 Å². The molecule has 0 heterocycles. The number of amides is 2. The first-order valence-electron chi connectivity index (χ1n) is 16.4. The Balaban J connectivity index is 0.000000500. The van der Waals surface area contributed by atoms with Crippen LogP contribution in [0, 0.1) is 0 Å². The van der Waals surface area contributed by atoms with E-state index in [1.807, 2.05) is 60.7 Å². The van der Waals surface area contributed by atoms with Gasteiger partial charge in [0, 0.05) is 0 Å². The van der Waals surface area contributed by atoms with Crippen LogP contribution in [0.4, 0.5) is 9.59 Å². The Kier molecular flexibility index (Phi) is 17.7. The molecule has 2 aromatic rings. The number of ether oxygens (including phenoxy) is 4. The minimum absolute atomic E-state index is 0.257. The molecule has 0 aliphatic heterocycles. The first kappa shape index (κ1) is 43.1. The largest absolute Gasteiger partial charge is 0.479 e. The van der Waals surface area contributed by atoms with E-state index in [0.29, 0.717) is 19.3 Å². The van der Waals surface area contributed by atoms with Crippen LogP contribution in [0.25, 0.3) is 0 Å². The van der Waals surface area contributed by atoms with E-state index in [2.05, 4.69) is 10.6 Å². The lowest BCUT2D eigenvalue weighted by molar-refractivity contribution is -0.164. The summed E-state index contributed by atoms with van der Waals surface area (Å²) in [4.78, 5) is 70.7. The van der Waals surface area contributed by atoms with Crippen LogP contribution in [0.5, 0.6) is 0 Å². The number of Topliss-reactive ketones (excluding diaryl/α,β-unsaturated/α-hetero) is 1. The number of aryl methyl sites for hydroxylation is 2. The molecule has 0 aromatic heterocycles. The number of alkyl carbamates (subject to hydrolysis) is 2. The number of nitrogens with one attached hydrogen (secondary N) is 2. The van der Waals surface area contributed by atoms with Gasteiger partial charge in [0.15, 0.2) is 18.0 Å². The third kappa shape index (κ3) is 19.2. The topological polar surface area (TPSA) is 184 Å². The van der Waals surface area contributed by atoms with Gasteiger partial charge in [0.1, 0.15) is 23.3 Å². The summed E-state index contributed by atoms with van der Waals surface area (Å²) in [6.45, 7) is 14.4. The van der Waals surface area contributed by atoms with E-state index in [1.54, 1.807) is 41.5 Å². The second-order valence-corrected chi connectivity index (χ2v) is 13.6. The fourth-order valence-corrected chi connectivity index (χ4v) is 3.96. The van der Waals surface area contributed by atoms with Crippen LogP contribution >= 0.6 is 0 Å². The molecule has 13 nitrogen and oxygen atoms in total. The number of carboxylic acids is 1. The van der Waals surface area contributed by atoms with Crippen LogP contribution in [0.15, 0.2) is 60.7 Å². The highest BCUT2D eigenvalue weighted by Gasteiger charge is 2.29. The Labute approximate surface area is 294 Å². The van der Waals surface area contributed by atoms with Gasteiger partial charge in [-0.3, -0.25) is 4.79 Å². The lowest BCUT2D eigenvalue weighted by Gasteiger charge is -2.23. The van der Waals surface area contributed by atoms with Crippen molar-refractivity contribution in [3.63, 3.8) is 0 Å². The summed E-state index contributed by atoms with van der Waals surface area (Å²) in [7, 11) is 0. The van der Waals surface area contributed by atoms with Gasteiger partial charge in [0.05, 0.1) is 0 Å². The molecular weight excluding hydrogens is 648 g/mol. The summed E-state index contributed by atoms with van der Waals surface area (Å²) in [5.41, 5.74) is 0.625. The molecule has 0 radical (unpaired) electrons. The van der Waals surface area contributed by atoms with Crippen LogP contribution in [-0.2, 0) is 51.0 Å². The summed E-state index contributed by atoms with van der Waals surface area (Å²) in [5, 5.41) is 13.9. The van der Waals surface area contributed by atoms with Crippen LogP contribution in [0.1, 0.15) is 86.3 Å². The van der Waals surface area contributed by atoms with Crippen LogP contribution in [-0.4, -0.2) is 76.5 Å². The van der Waals surface area contributed by atoms with Gasteiger partial charge in [0.2, 0.25) is 0 Å². The molecule has 2 rings (SSSR count). The molecule has 0 unspecified atom stereocenters. The molecule has 276 valence electrons. The number of aliphatic carboxylic acids is 1. The van der Waals surface area contributed by atoms with Gasteiger partial charge in [-0.2, -0.15) is 0 Å². The molecule has 0 aliphatic rings.